The lowest BCUT2D eigenvalue weighted by atomic mass is 9.59. The minimum absolute atomic E-state index is 0.102. The van der Waals surface area contributed by atoms with Gasteiger partial charge in [0.05, 0.1) is 22.0 Å². The van der Waals surface area contributed by atoms with Gasteiger partial charge in [-0.05, 0) is 82.9 Å². The molecule has 208 valence electrons. The highest BCUT2D eigenvalue weighted by Crippen LogP contribution is 2.56. The molecule has 8 heteroatoms. The molecule has 1 heterocycles. The molecular weight excluding hydrogens is 598 g/mol. The molecule has 7 rings (SSSR count). The molecule has 3 aliphatic carbocycles. The number of benzene rings is 3. The van der Waals surface area contributed by atoms with Crippen LogP contribution in [-0.2, 0) is 19.2 Å². The first-order valence-electron chi connectivity index (χ1n) is 13.8. The minimum Gasteiger partial charge on any atom is -0.507 e. The summed E-state index contributed by atoms with van der Waals surface area (Å²) in [5, 5.41) is 12.0. The van der Waals surface area contributed by atoms with Crippen LogP contribution < -0.4 is 4.90 Å². The van der Waals surface area contributed by atoms with Crippen LogP contribution in [0.25, 0.3) is 10.8 Å². The van der Waals surface area contributed by atoms with Gasteiger partial charge >= 0.3 is 0 Å². The molecule has 3 aromatic rings. The number of halogens is 1. The SMILES string of the molecule is CC(=O)c1ccc(N2C(=O)[C@H]3[C@H](CC=C4[C@H](c5ccc(O)c6ccccc56)C5=C(C[C@H]43)C(=O)C(Br)=CC5=O)C2=O)cc1. The first kappa shape index (κ1) is 26.5. The lowest BCUT2D eigenvalue weighted by Crippen LogP contribution is -2.39. The number of anilines is 1. The molecule has 7 nitrogen and oxygen atoms in total. The first-order valence-corrected chi connectivity index (χ1v) is 14.5. The maximum absolute atomic E-state index is 14.1. The van der Waals surface area contributed by atoms with Gasteiger partial charge < -0.3 is 5.11 Å². The molecule has 1 saturated heterocycles. The largest absolute Gasteiger partial charge is 0.507 e. The van der Waals surface area contributed by atoms with Gasteiger partial charge in [-0.2, -0.15) is 0 Å². The maximum atomic E-state index is 14.1. The van der Waals surface area contributed by atoms with Gasteiger partial charge in [-0.3, -0.25) is 28.9 Å². The number of aromatic hydroxyl groups is 1. The number of carbonyl (C=O) groups is 5. The first-order chi connectivity index (χ1) is 20.2. The van der Waals surface area contributed by atoms with Gasteiger partial charge in [-0.15, -0.1) is 0 Å². The molecule has 0 spiro atoms. The van der Waals surface area contributed by atoms with Crippen LogP contribution in [0.15, 0.2) is 94.0 Å². The van der Waals surface area contributed by atoms with Crippen molar-refractivity contribution in [3.8, 4) is 5.75 Å². The van der Waals surface area contributed by atoms with E-state index in [4.69, 9.17) is 0 Å². The molecule has 1 aliphatic heterocycles. The summed E-state index contributed by atoms with van der Waals surface area (Å²) < 4.78 is 0.168. The van der Waals surface area contributed by atoms with Gasteiger partial charge in [0.2, 0.25) is 11.8 Å². The number of phenols is 1. The van der Waals surface area contributed by atoms with Crippen LogP contribution in [0.5, 0.6) is 5.75 Å². The number of hydrogen-bond donors (Lipinski definition) is 1. The smallest absolute Gasteiger partial charge is 0.238 e. The number of rotatable bonds is 3. The third-order valence-corrected chi connectivity index (χ3v) is 9.70. The topological polar surface area (TPSA) is 109 Å². The number of phenolic OH excluding ortho intramolecular Hbond substituents is 1. The molecule has 1 N–H and O–H groups in total. The number of amides is 2. The number of imide groups is 1. The molecular formula is C34H24BrNO6. The van der Waals surface area contributed by atoms with Gasteiger partial charge in [-0.25, -0.2) is 0 Å². The standard InChI is InChI=1S/C34H24BrNO6/c1-16(37)17-6-8-18(9-7-17)36-33(41)23-11-10-22-24(30(23)34(36)42)14-25-31(28(39)15-26(35)32(25)40)29(22)21-12-13-27(38)20-5-3-2-4-19(20)21/h2-10,12-13,15,23-24,29-30,38H,11,14H2,1H3/t23-,24+,29-,30-/m0/s1. The second-order valence-electron chi connectivity index (χ2n) is 11.2. The number of hydrogen-bond acceptors (Lipinski definition) is 6. The van der Waals surface area contributed by atoms with Crippen LogP contribution in [0.3, 0.4) is 0 Å². The average molecular weight is 622 g/mol. The Balaban J connectivity index is 1.38. The van der Waals surface area contributed by atoms with Crippen molar-refractivity contribution >= 4 is 61.6 Å². The molecule has 1 fully saturated rings. The third kappa shape index (κ3) is 3.74. The fourth-order valence-corrected chi connectivity index (χ4v) is 7.67. The summed E-state index contributed by atoms with van der Waals surface area (Å²) in [5.41, 5.74) is 3.21. The van der Waals surface area contributed by atoms with Crippen molar-refractivity contribution in [2.75, 3.05) is 4.90 Å². The molecule has 0 unspecified atom stereocenters. The van der Waals surface area contributed by atoms with E-state index >= 15 is 0 Å². The highest BCUT2D eigenvalue weighted by Gasteiger charge is 2.56. The molecule has 3 aromatic carbocycles. The molecule has 4 atom stereocenters. The van der Waals surface area contributed by atoms with E-state index in [-0.39, 0.29) is 45.8 Å². The average Bonchev–Trinajstić information content (AvgIpc) is 3.25. The van der Waals surface area contributed by atoms with Crippen molar-refractivity contribution in [1.29, 1.82) is 0 Å². The Bertz CT molecular complexity index is 1880. The predicted octanol–water partition coefficient (Wildman–Crippen LogP) is 5.71. The van der Waals surface area contributed by atoms with Gasteiger partial charge in [0.25, 0.3) is 0 Å². The van der Waals surface area contributed by atoms with Crippen LogP contribution in [0, 0.1) is 17.8 Å². The van der Waals surface area contributed by atoms with Crippen LogP contribution in [-0.4, -0.2) is 34.3 Å². The van der Waals surface area contributed by atoms with Crippen LogP contribution >= 0.6 is 15.9 Å². The molecule has 0 saturated carbocycles. The minimum atomic E-state index is -0.711. The van der Waals surface area contributed by atoms with Crippen LogP contribution in [0.2, 0.25) is 0 Å². The van der Waals surface area contributed by atoms with Gasteiger partial charge in [0, 0.05) is 34.1 Å². The number of ketones is 3. The van der Waals surface area contributed by atoms with Crippen molar-refractivity contribution in [2.24, 2.45) is 17.8 Å². The third-order valence-electron chi connectivity index (χ3n) is 9.11. The van der Waals surface area contributed by atoms with E-state index in [1.165, 1.54) is 17.9 Å². The van der Waals surface area contributed by atoms with E-state index in [0.717, 1.165) is 16.5 Å². The normalized spacial score (nSPS) is 25.2. The van der Waals surface area contributed by atoms with Crippen LogP contribution in [0.1, 0.15) is 41.6 Å². The zero-order chi connectivity index (χ0) is 29.4. The van der Waals surface area contributed by atoms with Crippen molar-refractivity contribution in [3.05, 3.63) is 105 Å². The Morgan fingerprint density at radius 1 is 0.905 bits per heavy atom. The Morgan fingerprint density at radius 2 is 1.62 bits per heavy atom. The fraction of sp³-hybridized carbons (Fsp3) is 0.206. The summed E-state index contributed by atoms with van der Waals surface area (Å²) in [6.45, 7) is 1.45. The quantitative estimate of drug-likeness (QED) is 0.174. The second-order valence-corrected chi connectivity index (χ2v) is 12.1. The van der Waals surface area contributed by atoms with E-state index in [1.807, 2.05) is 24.3 Å². The number of nitrogens with zero attached hydrogens (tertiary/aromatic N) is 1. The highest BCUT2D eigenvalue weighted by molar-refractivity contribution is 9.12. The van der Waals surface area contributed by atoms with E-state index < -0.39 is 23.7 Å². The zero-order valence-electron chi connectivity index (χ0n) is 22.5. The number of fused-ring (bicyclic) bond motifs is 4. The number of allylic oxidation sites excluding steroid dienone is 6. The molecule has 0 bridgehead atoms. The van der Waals surface area contributed by atoms with Crippen molar-refractivity contribution in [2.45, 2.75) is 25.7 Å². The molecule has 2 amide bonds. The van der Waals surface area contributed by atoms with Crippen molar-refractivity contribution in [3.63, 3.8) is 0 Å². The summed E-state index contributed by atoms with van der Waals surface area (Å²) in [5.74, 6) is -3.66. The maximum Gasteiger partial charge on any atom is 0.238 e. The van der Waals surface area contributed by atoms with E-state index in [2.05, 4.69) is 15.9 Å². The Kier molecular flexibility index (Phi) is 6.02. The van der Waals surface area contributed by atoms with Crippen molar-refractivity contribution in [1.82, 2.24) is 0 Å². The Labute approximate surface area is 249 Å². The monoisotopic (exact) mass is 621 g/mol. The van der Waals surface area contributed by atoms with E-state index in [0.29, 0.717) is 34.2 Å². The van der Waals surface area contributed by atoms with Gasteiger partial charge in [-0.1, -0.05) is 42.0 Å². The van der Waals surface area contributed by atoms with E-state index in [1.54, 1.807) is 42.5 Å². The lowest BCUT2D eigenvalue weighted by molar-refractivity contribution is -0.123. The van der Waals surface area contributed by atoms with Gasteiger partial charge in [0.15, 0.2) is 17.3 Å². The summed E-state index contributed by atoms with van der Waals surface area (Å²) in [7, 11) is 0. The summed E-state index contributed by atoms with van der Waals surface area (Å²) in [6.07, 6.45) is 3.76. The second kappa shape index (κ2) is 9.56. The lowest BCUT2D eigenvalue weighted by Gasteiger charge is -2.42. The molecule has 0 aromatic heterocycles. The summed E-state index contributed by atoms with van der Waals surface area (Å²) in [6, 6.07) is 17.1. The summed E-state index contributed by atoms with van der Waals surface area (Å²) in [4.78, 5) is 67.8. The molecule has 4 aliphatic rings. The number of Topliss-reactive ketones (excluding diaryl/α,β-unsaturated/α-hetero) is 2. The Hall–Kier alpha value is -4.43. The Morgan fingerprint density at radius 3 is 2.33 bits per heavy atom. The summed E-state index contributed by atoms with van der Waals surface area (Å²) >= 11 is 3.26. The molecule has 0 radical (unpaired) electrons. The van der Waals surface area contributed by atoms with E-state index in [9.17, 15) is 29.1 Å². The van der Waals surface area contributed by atoms with Crippen molar-refractivity contribution < 1.29 is 29.1 Å². The van der Waals surface area contributed by atoms with Crippen LogP contribution in [0.4, 0.5) is 5.69 Å². The van der Waals surface area contributed by atoms with Gasteiger partial charge in [0.1, 0.15) is 5.75 Å². The fourth-order valence-electron chi connectivity index (χ4n) is 7.22. The highest BCUT2D eigenvalue weighted by atomic mass is 79.9. The molecule has 42 heavy (non-hydrogen) atoms. The number of carbonyl (C=O) groups excluding carboxylic acids is 5. The predicted molar refractivity (Wildman–Crippen MR) is 159 cm³/mol. The zero-order valence-corrected chi connectivity index (χ0v) is 24.1.